The zero-order valence-electron chi connectivity index (χ0n) is 22.3. The number of amides is 3. The maximum Gasteiger partial charge on any atom is 0.227 e. The van der Waals surface area contributed by atoms with Crippen LogP contribution in [-0.2, 0) is 20.8 Å². The van der Waals surface area contributed by atoms with Crippen molar-refractivity contribution in [3.05, 3.63) is 59.7 Å². The third kappa shape index (κ3) is 7.40. The summed E-state index contributed by atoms with van der Waals surface area (Å²) in [4.78, 5) is 41.4. The molecule has 1 aliphatic heterocycles. The monoisotopic (exact) mass is 493 g/mol. The first-order valence-corrected chi connectivity index (χ1v) is 13.0. The van der Waals surface area contributed by atoms with Crippen molar-refractivity contribution in [3.63, 3.8) is 0 Å². The van der Waals surface area contributed by atoms with Gasteiger partial charge in [-0.15, -0.1) is 0 Å². The summed E-state index contributed by atoms with van der Waals surface area (Å²) in [5, 5.41) is 5.94. The molecule has 0 aromatic heterocycles. The standard InChI is InChI=1S/C29H40N4O3/c1-20(2)28(35)30-24-13-10-12-23(17-24)26(19-33-15-8-9-16-33)32(5)27(34)18-22-11-6-7-14-25(22)31-29(36)21(3)4/h6-7,10-14,17,20-21,26H,8-9,15-16,18-19H2,1-5H3,(H,30,35)(H,31,36)/p+1/t26-/m1/s1. The largest absolute Gasteiger partial charge is 0.333 e. The van der Waals surface area contributed by atoms with Gasteiger partial charge in [0.15, 0.2) is 0 Å². The molecule has 1 aliphatic rings. The van der Waals surface area contributed by atoms with Gasteiger partial charge in [0.1, 0.15) is 12.6 Å². The van der Waals surface area contributed by atoms with Gasteiger partial charge in [0.05, 0.1) is 19.5 Å². The number of likely N-dealkylation sites (N-methyl/N-ethyl adjacent to an activating group) is 1. The highest BCUT2D eigenvalue weighted by atomic mass is 16.2. The van der Waals surface area contributed by atoms with Crippen molar-refractivity contribution >= 4 is 29.1 Å². The molecule has 0 unspecified atom stereocenters. The number of hydrogen-bond acceptors (Lipinski definition) is 3. The van der Waals surface area contributed by atoms with Crippen LogP contribution in [0.2, 0.25) is 0 Å². The van der Waals surface area contributed by atoms with Gasteiger partial charge in [0.2, 0.25) is 17.7 Å². The molecule has 1 saturated heterocycles. The van der Waals surface area contributed by atoms with Gasteiger partial charge >= 0.3 is 0 Å². The SMILES string of the molecule is CC(C)C(=O)Nc1cccc([C@@H](C[NH+]2CCCC2)N(C)C(=O)Cc2ccccc2NC(=O)C(C)C)c1. The molecule has 0 bridgehead atoms. The summed E-state index contributed by atoms with van der Waals surface area (Å²) in [7, 11) is 1.86. The summed E-state index contributed by atoms with van der Waals surface area (Å²) < 4.78 is 0. The lowest BCUT2D eigenvalue weighted by Crippen LogP contribution is -3.10. The molecule has 0 saturated carbocycles. The first-order chi connectivity index (χ1) is 17.2. The van der Waals surface area contributed by atoms with Crippen LogP contribution in [0.4, 0.5) is 11.4 Å². The zero-order chi connectivity index (χ0) is 26.2. The summed E-state index contributed by atoms with van der Waals surface area (Å²) in [5.41, 5.74) is 3.23. The third-order valence-electron chi connectivity index (χ3n) is 6.86. The van der Waals surface area contributed by atoms with Crippen molar-refractivity contribution in [2.45, 2.75) is 53.0 Å². The summed E-state index contributed by atoms with van der Waals surface area (Å²) in [6.07, 6.45) is 2.60. The first kappa shape index (κ1) is 27.4. The number of hydrogen-bond donors (Lipinski definition) is 3. The lowest BCUT2D eigenvalue weighted by molar-refractivity contribution is -0.890. The summed E-state index contributed by atoms with van der Waals surface area (Å²) in [6, 6.07) is 15.2. The minimum Gasteiger partial charge on any atom is -0.333 e. The van der Waals surface area contributed by atoms with Crippen LogP contribution in [0.25, 0.3) is 0 Å². The average molecular weight is 494 g/mol. The van der Waals surface area contributed by atoms with Crippen LogP contribution in [0.15, 0.2) is 48.5 Å². The van der Waals surface area contributed by atoms with Crippen LogP contribution in [0.3, 0.4) is 0 Å². The number of nitrogens with zero attached hydrogens (tertiary/aromatic N) is 1. The Labute approximate surface area is 215 Å². The van der Waals surface area contributed by atoms with Crippen LogP contribution in [-0.4, -0.2) is 49.3 Å². The number of anilines is 2. The summed E-state index contributed by atoms with van der Waals surface area (Å²) >= 11 is 0. The van der Waals surface area contributed by atoms with Gasteiger partial charge in [-0.2, -0.15) is 0 Å². The van der Waals surface area contributed by atoms with E-state index in [4.69, 9.17) is 0 Å². The van der Waals surface area contributed by atoms with Gasteiger partial charge in [-0.25, -0.2) is 0 Å². The number of nitrogens with one attached hydrogen (secondary N) is 3. The van der Waals surface area contributed by atoms with Gasteiger partial charge in [0, 0.05) is 43.1 Å². The number of carbonyl (C=O) groups excluding carboxylic acids is 3. The summed E-state index contributed by atoms with van der Waals surface area (Å²) in [6.45, 7) is 10.5. The molecule has 2 aromatic rings. The molecule has 1 atom stereocenters. The molecule has 3 rings (SSSR count). The predicted molar refractivity (Wildman–Crippen MR) is 144 cm³/mol. The lowest BCUT2D eigenvalue weighted by atomic mass is 10.0. The minimum absolute atomic E-state index is 0.0125. The van der Waals surface area contributed by atoms with E-state index in [1.165, 1.54) is 17.7 Å². The highest BCUT2D eigenvalue weighted by Crippen LogP contribution is 2.24. The average Bonchev–Trinajstić information content (AvgIpc) is 3.36. The molecule has 0 aliphatic carbocycles. The molecule has 3 N–H and O–H groups in total. The summed E-state index contributed by atoms with van der Waals surface area (Å²) in [5.74, 6) is -0.370. The zero-order valence-corrected chi connectivity index (χ0v) is 22.3. The van der Waals surface area contributed by atoms with Gasteiger partial charge in [0.25, 0.3) is 0 Å². The van der Waals surface area contributed by atoms with E-state index in [1.54, 1.807) is 0 Å². The Morgan fingerprint density at radius 1 is 0.889 bits per heavy atom. The molecule has 7 nitrogen and oxygen atoms in total. The van der Waals surface area contributed by atoms with E-state index in [0.29, 0.717) is 5.69 Å². The second-order valence-corrected chi connectivity index (χ2v) is 10.4. The maximum absolute atomic E-state index is 13.6. The van der Waals surface area contributed by atoms with Crippen LogP contribution >= 0.6 is 0 Å². The van der Waals surface area contributed by atoms with Gasteiger partial charge in [-0.1, -0.05) is 58.0 Å². The molecule has 36 heavy (non-hydrogen) atoms. The Hall–Kier alpha value is -3.19. The fourth-order valence-corrected chi connectivity index (χ4v) is 4.48. The topological polar surface area (TPSA) is 82.9 Å². The third-order valence-corrected chi connectivity index (χ3v) is 6.86. The molecule has 1 fully saturated rings. The Morgan fingerprint density at radius 2 is 1.53 bits per heavy atom. The van der Waals surface area contributed by atoms with Gasteiger partial charge < -0.3 is 20.4 Å². The number of quaternary nitrogens is 1. The van der Waals surface area contributed by atoms with Crippen molar-refractivity contribution in [1.82, 2.24) is 4.90 Å². The predicted octanol–water partition coefficient (Wildman–Crippen LogP) is 3.30. The number of para-hydroxylation sites is 1. The molecular weight excluding hydrogens is 452 g/mol. The molecule has 194 valence electrons. The Morgan fingerprint density at radius 3 is 2.19 bits per heavy atom. The van der Waals surface area contributed by atoms with E-state index >= 15 is 0 Å². The van der Waals surface area contributed by atoms with E-state index in [1.807, 2.05) is 88.2 Å². The van der Waals surface area contributed by atoms with E-state index in [0.717, 1.165) is 36.4 Å². The molecular formula is C29H41N4O3+. The van der Waals surface area contributed by atoms with Crippen molar-refractivity contribution in [2.75, 3.05) is 37.3 Å². The fourth-order valence-electron chi connectivity index (χ4n) is 4.48. The number of likely N-dealkylation sites (tertiary alicyclic amines) is 1. The van der Waals surface area contributed by atoms with Crippen molar-refractivity contribution < 1.29 is 19.3 Å². The first-order valence-electron chi connectivity index (χ1n) is 13.0. The Balaban J connectivity index is 1.83. The molecule has 2 aromatic carbocycles. The van der Waals surface area contributed by atoms with Gasteiger partial charge in [-0.3, -0.25) is 14.4 Å². The van der Waals surface area contributed by atoms with Crippen LogP contribution in [0.5, 0.6) is 0 Å². The van der Waals surface area contributed by atoms with E-state index in [9.17, 15) is 14.4 Å². The van der Waals surface area contributed by atoms with Crippen molar-refractivity contribution in [1.29, 1.82) is 0 Å². The van der Waals surface area contributed by atoms with Crippen molar-refractivity contribution in [3.8, 4) is 0 Å². The maximum atomic E-state index is 13.6. The number of benzene rings is 2. The highest BCUT2D eigenvalue weighted by Gasteiger charge is 2.29. The molecule has 1 heterocycles. The van der Waals surface area contributed by atoms with Crippen LogP contribution < -0.4 is 15.5 Å². The van der Waals surface area contributed by atoms with Crippen molar-refractivity contribution in [2.24, 2.45) is 11.8 Å². The fraction of sp³-hybridized carbons (Fsp3) is 0.483. The minimum atomic E-state index is -0.146. The molecule has 3 amide bonds. The second-order valence-electron chi connectivity index (χ2n) is 10.4. The van der Waals surface area contributed by atoms with Crippen LogP contribution in [0.1, 0.15) is 57.7 Å². The molecule has 7 heteroatoms. The lowest BCUT2D eigenvalue weighted by Gasteiger charge is -2.31. The van der Waals surface area contributed by atoms with E-state index in [2.05, 4.69) is 10.6 Å². The number of rotatable bonds is 10. The Bertz CT molecular complexity index is 1060. The van der Waals surface area contributed by atoms with Crippen LogP contribution in [0, 0.1) is 11.8 Å². The number of carbonyl (C=O) groups is 3. The second kappa shape index (κ2) is 12.7. The van der Waals surface area contributed by atoms with E-state index < -0.39 is 0 Å². The Kier molecular flexibility index (Phi) is 9.65. The quantitative estimate of drug-likeness (QED) is 0.475. The smallest absolute Gasteiger partial charge is 0.227 e. The molecule has 0 radical (unpaired) electrons. The highest BCUT2D eigenvalue weighted by molar-refractivity contribution is 5.94. The van der Waals surface area contributed by atoms with Gasteiger partial charge in [-0.05, 0) is 29.3 Å². The molecule has 0 spiro atoms. The van der Waals surface area contributed by atoms with E-state index in [-0.39, 0.29) is 42.0 Å². The normalized spacial score (nSPS) is 14.6.